The van der Waals surface area contributed by atoms with Crippen molar-refractivity contribution < 1.29 is 4.39 Å². The second-order valence-corrected chi connectivity index (χ2v) is 5.11. The SMILES string of the molecule is Cc1c(C#N)c2n(c1-c1cccnc1F)CSC2. The van der Waals surface area contributed by atoms with Gasteiger partial charge in [-0.05, 0) is 24.6 Å². The van der Waals surface area contributed by atoms with E-state index >= 15 is 0 Å². The van der Waals surface area contributed by atoms with Crippen LogP contribution in [0.2, 0.25) is 0 Å². The van der Waals surface area contributed by atoms with Crippen LogP contribution < -0.4 is 0 Å². The van der Waals surface area contributed by atoms with Gasteiger partial charge in [0.15, 0.2) is 0 Å². The standard InChI is InChI=1S/C13H10FN3S/c1-8-10(5-15)11-6-18-7-17(11)12(8)9-3-2-4-16-13(9)14/h2-4H,6-7H2,1H3. The molecular weight excluding hydrogens is 249 g/mol. The Kier molecular flexibility index (Phi) is 2.60. The van der Waals surface area contributed by atoms with Gasteiger partial charge in [-0.25, -0.2) is 4.98 Å². The van der Waals surface area contributed by atoms with Crippen LogP contribution >= 0.6 is 11.8 Å². The Bertz CT molecular complexity index is 670. The highest BCUT2D eigenvalue weighted by Gasteiger charge is 2.26. The lowest BCUT2D eigenvalue weighted by atomic mass is 10.1. The molecule has 0 bridgehead atoms. The van der Waals surface area contributed by atoms with Gasteiger partial charge in [0.1, 0.15) is 6.07 Å². The number of pyridine rings is 1. The molecular formula is C13H10FN3S. The van der Waals surface area contributed by atoms with Gasteiger partial charge < -0.3 is 4.57 Å². The molecule has 90 valence electrons. The van der Waals surface area contributed by atoms with Crippen molar-refractivity contribution in [1.29, 1.82) is 5.26 Å². The predicted octanol–water partition coefficient (Wildman–Crippen LogP) is 3.07. The molecule has 0 saturated heterocycles. The first-order valence-electron chi connectivity index (χ1n) is 5.54. The minimum Gasteiger partial charge on any atom is -0.332 e. The fraction of sp³-hybridized carbons (Fsp3) is 0.231. The summed E-state index contributed by atoms with van der Waals surface area (Å²) in [7, 11) is 0. The maximum absolute atomic E-state index is 13.8. The quantitative estimate of drug-likeness (QED) is 0.739. The molecule has 3 heterocycles. The summed E-state index contributed by atoms with van der Waals surface area (Å²) in [5.74, 6) is 1.09. The first-order valence-corrected chi connectivity index (χ1v) is 6.70. The minimum atomic E-state index is -0.484. The van der Waals surface area contributed by atoms with E-state index in [9.17, 15) is 9.65 Å². The van der Waals surface area contributed by atoms with E-state index in [2.05, 4.69) is 11.1 Å². The molecule has 0 aromatic carbocycles. The van der Waals surface area contributed by atoms with Gasteiger partial charge in [-0.15, -0.1) is 11.8 Å². The third kappa shape index (κ3) is 1.46. The van der Waals surface area contributed by atoms with E-state index in [1.165, 1.54) is 6.20 Å². The third-order valence-corrected chi connectivity index (χ3v) is 4.12. The van der Waals surface area contributed by atoms with Crippen LogP contribution in [-0.4, -0.2) is 9.55 Å². The zero-order valence-electron chi connectivity index (χ0n) is 9.77. The molecule has 0 atom stereocenters. The molecule has 1 aliphatic heterocycles. The Labute approximate surface area is 108 Å². The summed E-state index contributed by atoms with van der Waals surface area (Å²) in [6.07, 6.45) is 1.43. The molecule has 0 N–H and O–H groups in total. The first-order chi connectivity index (χ1) is 8.74. The van der Waals surface area contributed by atoms with Crippen LogP contribution in [0.4, 0.5) is 4.39 Å². The van der Waals surface area contributed by atoms with Crippen LogP contribution in [0.1, 0.15) is 16.8 Å². The number of hydrogen-bond acceptors (Lipinski definition) is 3. The lowest BCUT2D eigenvalue weighted by Crippen LogP contribution is -1.98. The van der Waals surface area contributed by atoms with E-state index < -0.39 is 5.95 Å². The average molecular weight is 259 g/mol. The van der Waals surface area contributed by atoms with E-state index in [1.54, 1.807) is 23.9 Å². The second-order valence-electron chi connectivity index (χ2n) is 4.15. The molecule has 0 unspecified atom stereocenters. The summed E-state index contributed by atoms with van der Waals surface area (Å²) in [5.41, 5.74) is 3.79. The molecule has 2 aromatic rings. The number of aromatic nitrogens is 2. The van der Waals surface area contributed by atoms with Crippen molar-refractivity contribution >= 4 is 11.8 Å². The molecule has 0 spiro atoms. The predicted molar refractivity (Wildman–Crippen MR) is 68.4 cm³/mol. The molecule has 3 nitrogen and oxygen atoms in total. The second kappa shape index (κ2) is 4.14. The van der Waals surface area contributed by atoms with Crippen molar-refractivity contribution in [3.05, 3.63) is 41.1 Å². The summed E-state index contributed by atoms with van der Waals surface area (Å²) in [5, 5.41) is 9.23. The summed E-state index contributed by atoms with van der Waals surface area (Å²) in [4.78, 5) is 3.69. The van der Waals surface area contributed by atoms with Crippen molar-refractivity contribution in [3.63, 3.8) is 0 Å². The number of thioether (sulfide) groups is 1. The molecule has 0 amide bonds. The van der Waals surface area contributed by atoms with Crippen LogP contribution in [-0.2, 0) is 11.6 Å². The van der Waals surface area contributed by atoms with Crippen molar-refractivity contribution in [3.8, 4) is 17.3 Å². The first kappa shape index (κ1) is 11.3. The molecule has 0 radical (unpaired) electrons. The van der Waals surface area contributed by atoms with Gasteiger partial charge in [0.25, 0.3) is 0 Å². The van der Waals surface area contributed by atoms with Gasteiger partial charge in [0, 0.05) is 17.6 Å². The van der Waals surface area contributed by atoms with Crippen LogP contribution in [0, 0.1) is 24.2 Å². The number of hydrogen-bond donors (Lipinski definition) is 0. The Morgan fingerprint density at radius 1 is 1.56 bits per heavy atom. The molecule has 5 heteroatoms. The maximum Gasteiger partial charge on any atom is 0.222 e. The van der Waals surface area contributed by atoms with Gasteiger partial charge in [-0.2, -0.15) is 9.65 Å². The monoisotopic (exact) mass is 259 g/mol. The lowest BCUT2D eigenvalue weighted by molar-refractivity contribution is 0.586. The number of fused-ring (bicyclic) bond motifs is 1. The van der Waals surface area contributed by atoms with Crippen molar-refractivity contribution in [2.45, 2.75) is 18.6 Å². The van der Waals surface area contributed by atoms with E-state index in [0.29, 0.717) is 11.1 Å². The Balaban J connectivity index is 2.32. The van der Waals surface area contributed by atoms with E-state index in [-0.39, 0.29) is 0 Å². The Morgan fingerprint density at radius 2 is 2.39 bits per heavy atom. The highest BCUT2D eigenvalue weighted by molar-refractivity contribution is 7.97. The summed E-state index contributed by atoms with van der Waals surface area (Å²) >= 11 is 1.73. The lowest BCUT2D eigenvalue weighted by Gasteiger charge is -2.07. The third-order valence-electron chi connectivity index (χ3n) is 3.20. The number of nitrogens with zero attached hydrogens (tertiary/aromatic N) is 3. The van der Waals surface area contributed by atoms with Crippen LogP contribution in [0.15, 0.2) is 18.3 Å². The van der Waals surface area contributed by atoms with Gasteiger partial charge >= 0.3 is 0 Å². The van der Waals surface area contributed by atoms with Crippen molar-refractivity contribution in [1.82, 2.24) is 9.55 Å². The normalized spacial score (nSPS) is 13.4. The fourth-order valence-corrected chi connectivity index (χ4v) is 3.44. The molecule has 3 rings (SSSR count). The maximum atomic E-state index is 13.8. The topological polar surface area (TPSA) is 41.6 Å². The molecule has 0 saturated carbocycles. The van der Waals surface area contributed by atoms with Gasteiger partial charge in [-0.1, -0.05) is 0 Å². The summed E-state index contributed by atoms with van der Waals surface area (Å²) in [6.45, 7) is 1.87. The van der Waals surface area contributed by atoms with Gasteiger partial charge in [-0.3, -0.25) is 0 Å². The van der Waals surface area contributed by atoms with E-state index in [0.717, 1.165) is 28.6 Å². The highest BCUT2D eigenvalue weighted by atomic mass is 32.2. The largest absolute Gasteiger partial charge is 0.332 e. The van der Waals surface area contributed by atoms with E-state index in [4.69, 9.17) is 0 Å². The van der Waals surface area contributed by atoms with Crippen LogP contribution in [0.25, 0.3) is 11.3 Å². The molecule has 0 fully saturated rings. The van der Waals surface area contributed by atoms with Crippen molar-refractivity contribution in [2.75, 3.05) is 0 Å². The Morgan fingerprint density at radius 3 is 3.11 bits per heavy atom. The van der Waals surface area contributed by atoms with E-state index in [1.807, 2.05) is 11.5 Å². The fourth-order valence-electron chi connectivity index (χ4n) is 2.39. The zero-order valence-corrected chi connectivity index (χ0v) is 10.6. The van der Waals surface area contributed by atoms with Crippen LogP contribution in [0.5, 0.6) is 0 Å². The molecule has 1 aliphatic rings. The van der Waals surface area contributed by atoms with Gasteiger partial charge in [0.05, 0.1) is 22.7 Å². The van der Waals surface area contributed by atoms with Gasteiger partial charge in [0.2, 0.25) is 5.95 Å². The molecule has 2 aromatic heterocycles. The summed E-state index contributed by atoms with van der Waals surface area (Å²) < 4.78 is 15.8. The number of rotatable bonds is 1. The molecule has 18 heavy (non-hydrogen) atoms. The average Bonchev–Trinajstić information content (AvgIpc) is 2.90. The smallest absolute Gasteiger partial charge is 0.222 e. The zero-order chi connectivity index (χ0) is 12.7. The van der Waals surface area contributed by atoms with Crippen molar-refractivity contribution in [2.24, 2.45) is 0 Å². The number of nitriles is 1. The van der Waals surface area contributed by atoms with Crippen LogP contribution in [0.3, 0.4) is 0 Å². The summed E-state index contributed by atoms with van der Waals surface area (Å²) in [6, 6.07) is 5.65. The Hall–Kier alpha value is -1.80. The molecule has 0 aliphatic carbocycles. The number of halogens is 1. The minimum absolute atomic E-state index is 0.472. The highest BCUT2D eigenvalue weighted by Crippen LogP contribution is 2.38.